The molecule has 0 amide bonds. The van der Waals surface area contributed by atoms with Crippen molar-refractivity contribution in [2.75, 3.05) is 40.0 Å². The van der Waals surface area contributed by atoms with E-state index in [0.29, 0.717) is 12.2 Å². The van der Waals surface area contributed by atoms with E-state index in [4.69, 9.17) is 5.73 Å². The lowest BCUT2D eigenvalue weighted by Crippen LogP contribution is -2.29. The minimum absolute atomic E-state index is 0.245. The van der Waals surface area contributed by atoms with Crippen molar-refractivity contribution in [3.8, 4) is 0 Å². The molecule has 5 nitrogen and oxygen atoms in total. The zero-order chi connectivity index (χ0) is 13.8. The van der Waals surface area contributed by atoms with Crippen molar-refractivity contribution in [1.82, 2.24) is 9.21 Å². The zero-order valence-electron chi connectivity index (χ0n) is 11.1. The van der Waals surface area contributed by atoms with Crippen LogP contribution in [0.15, 0.2) is 29.2 Å². The Morgan fingerprint density at radius 2 is 1.83 bits per heavy atom. The minimum Gasteiger partial charge on any atom is -0.399 e. The highest BCUT2D eigenvalue weighted by molar-refractivity contribution is 7.89. The predicted molar refractivity (Wildman–Crippen MR) is 73.8 cm³/mol. The lowest BCUT2D eigenvalue weighted by Gasteiger charge is -2.18. The van der Waals surface area contributed by atoms with Crippen molar-refractivity contribution in [2.24, 2.45) is 0 Å². The van der Waals surface area contributed by atoms with Crippen molar-refractivity contribution >= 4 is 15.7 Å². The van der Waals surface area contributed by atoms with Gasteiger partial charge in [0, 0.05) is 19.3 Å². The molecule has 0 aliphatic rings. The van der Waals surface area contributed by atoms with Crippen LogP contribution >= 0.6 is 0 Å². The SMILES string of the molecule is CN(C)CCCN(C)S(=O)(=O)c1cccc(N)c1. The first-order chi connectivity index (χ1) is 8.34. The normalized spacial score (nSPS) is 12.3. The van der Waals surface area contributed by atoms with Gasteiger partial charge in [-0.25, -0.2) is 12.7 Å². The molecule has 0 aromatic heterocycles. The van der Waals surface area contributed by atoms with E-state index in [2.05, 4.69) is 0 Å². The van der Waals surface area contributed by atoms with Gasteiger partial charge in [-0.3, -0.25) is 0 Å². The monoisotopic (exact) mass is 271 g/mol. The first-order valence-corrected chi connectivity index (χ1v) is 7.24. The number of benzene rings is 1. The van der Waals surface area contributed by atoms with Crippen LogP contribution in [0, 0.1) is 0 Å². The standard InChI is InChI=1S/C12H21N3O2S/c1-14(2)8-5-9-15(3)18(16,17)12-7-4-6-11(13)10-12/h4,6-7,10H,5,8-9,13H2,1-3H3. The second kappa shape index (κ2) is 6.17. The van der Waals surface area contributed by atoms with E-state index in [9.17, 15) is 8.42 Å². The lowest BCUT2D eigenvalue weighted by atomic mass is 10.3. The molecule has 1 aromatic rings. The Bertz CT molecular complexity index is 486. The number of anilines is 1. The van der Waals surface area contributed by atoms with Gasteiger partial charge in [0.05, 0.1) is 4.90 Å². The third-order valence-electron chi connectivity index (χ3n) is 2.64. The molecular formula is C12H21N3O2S. The van der Waals surface area contributed by atoms with Crippen LogP contribution in [0.25, 0.3) is 0 Å². The summed E-state index contributed by atoms with van der Waals surface area (Å²) in [4.78, 5) is 2.27. The molecule has 102 valence electrons. The molecule has 0 bridgehead atoms. The summed E-state index contributed by atoms with van der Waals surface area (Å²) in [7, 11) is 2.10. The van der Waals surface area contributed by atoms with Gasteiger partial charge >= 0.3 is 0 Å². The molecule has 0 atom stereocenters. The molecule has 0 saturated heterocycles. The molecule has 1 rings (SSSR count). The maximum atomic E-state index is 12.2. The molecule has 0 aliphatic carbocycles. The van der Waals surface area contributed by atoms with Crippen LogP contribution in [-0.4, -0.2) is 51.9 Å². The van der Waals surface area contributed by atoms with Gasteiger partial charge in [-0.15, -0.1) is 0 Å². The molecule has 6 heteroatoms. The first kappa shape index (κ1) is 14.9. The van der Waals surface area contributed by atoms with E-state index >= 15 is 0 Å². The maximum Gasteiger partial charge on any atom is 0.242 e. The molecule has 0 radical (unpaired) electrons. The second-order valence-corrected chi connectivity index (χ2v) is 6.60. The van der Waals surface area contributed by atoms with E-state index in [1.165, 1.54) is 10.4 Å². The fourth-order valence-corrected chi connectivity index (χ4v) is 2.85. The van der Waals surface area contributed by atoms with Gasteiger partial charge in [0.25, 0.3) is 0 Å². The van der Waals surface area contributed by atoms with Gasteiger partial charge < -0.3 is 10.6 Å². The van der Waals surface area contributed by atoms with Crippen molar-refractivity contribution in [3.05, 3.63) is 24.3 Å². The van der Waals surface area contributed by atoms with Gasteiger partial charge in [0.15, 0.2) is 0 Å². The largest absolute Gasteiger partial charge is 0.399 e. The molecule has 0 unspecified atom stereocenters. The molecule has 0 aliphatic heterocycles. The summed E-state index contributed by atoms with van der Waals surface area (Å²) in [6.07, 6.45) is 0.797. The third kappa shape index (κ3) is 3.97. The van der Waals surface area contributed by atoms with Gasteiger partial charge in [-0.2, -0.15) is 0 Å². The van der Waals surface area contributed by atoms with Crippen LogP contribution in [0.1, 0.15) is 6.42 Å². The van der Waals surface area contributed by atoms with Gasteiger partial charge in [0.1, 0.15) is 0 Å². The summed E-state index contributed by atoms with van der Waals surface area (Å²) in [5.74, 6) is 0. The smallest absolute Gasteiger partial charge is 0.242 e. The highest BCUT2D eigenvalue weighted by atomic mass is 32.2. The van der Waals surface area contributed by atoms with Crippen LogP contribution in [0.3, 0.4) is 0 Å². The van der Waals surface area contributed by atoms with Gasteiger partial charge in [-0.1, -0.05) is 6.07 Å². The van der Waals surface area contributed by atoms with Crippen LogP contribution in [0.5, 0.6) is 0 Å². The van der Waals surface area contributed by atoms with Gasteiger partial charge in [0.2, 0.25) is 10.0 Å². The highest BCUT2D eigenvalue weighted by Crippen LogP contribution is 2.16. The minimum atomic E-state index is -3.42. The van der Waals surface area contributed by atoms with Crippen molar-refractivity contribution in [1.29, 1.82) is 0 Å². The topological polar surface area (TPSA) is 66.6 Å². The van der Waals surface area contributed by atoms with E-state index in [-0.39, 0.29) is 4.90 Å². The number of rotatable bonds is 6. The lowest BCUT2D eigenvalue weighted by molar-refractivity contribution is 0.370. The Morgan fingerprint density at radius 1 is 1.17 bits per heavy atom. The van der Waals surface area contributed by atoms with E-state index in [1.807, 2.05) is 19.0 Å². The van der Waals surface area contributed by atoms with E-state index in [1.54, 1.807) is 25.2 Å². The fourth-order valence-electron chi connectivity index (χ4n) is 1.58. The average molecular weight is 271 g/mol. The zero-order valence-corrected chi connectivity index (χ0v) is 11.9. The molecule has 0 fully saturated rings. The Morgan fingerprint density at radius 3 is 2.39 bits per heavy atom. The summed E-state index contributed by atoms with van der Waals surface area (Å²) in [6, 6.07) is 6.37. The van der Waals surface area contributed by atoms with E-state index < -0.39 is 10.0 Å². The number of sulfonamides is 1. The fraction of sp³-hybridized carbons (Fsp3) is 0.500. The molecule has 2 N–H and O–H groups in total. The van der Waals surface area contributed by atoms with Crippen LogP contribution < -0.4 is 5.73 Å². The Kier molecular flexibility index (Phi) is 5.13. The van der Waals surface area contributed by atoms with Crippen LogP contribution in [0.2, 0.25) is 0 Å². The number of nitrogen functional groups attached to an aromatic ring is 1. The van der Waals surface area contributed by atoms with Crippen molar-refractivity contribution in [3.63, 3.8) is 0 Å². The highest BCUT2D eigenvalue weighted by Gasteiger charge is 2.20. The molecule has 0 heterocycles. The molecule has 18 heavy (non-hydrogen) atoms. The Balaban J connectivity index is 2.74. The van der Waals surface area contributed by atoms with E-state index in [0.717, 1.165) is 13.0 Å². The van der Waals surface area contributed by atoms with Gasteiger partial charge in [-0.05, 0) is 45.3 Å². The summed E-state index contributed by atoms with van der Waals surface area (Å²) >= 11 is 0. The van der Waals surface area contributed by atoms with Crippen LogP contribution in [0.4, 0.5) is 5.69 Å². The summed E-state index contributed by atoms with van der Waals surface area (Å²) in [5, 5.41) is 0. The van der Waals surface area contributed by atoms with Crippen molar-refractivity contribution < 1.29 is 8.42 Å². The van der Waals surface area contributed by atoms with Crippen molar-refractivity contribution in [2.45, 2.75) is 11.3 Å². The quantitative estimate of drug-likeness (QED) is 0.779. The second-order valence-electron chi connectivity index (χ2n) is 4.56. The number of nitrogens with two attached hydrogens (primary N) is 1. The number of hydrogen-bond donors (Lipinski definition) is 1. The Hall–Kier alpha value is -1.11. The number of nitrogens with zero attached hydrogens (tertiary/aromatic N) is 2. The molecule has 1 aromatic carbocycles. The molecule has 0 spiro atoms. The maximum absolute atomic E-state index is 12.2. The van der Waals surface area contributed by atoms with Crippen LogP contribution in [-0.2, 0) is 10.0 Å². The third-order valence-corrected chi connectivity index (χ3v) is 4.50. The molecular weight excluding hydrogens is 250 g/mol. The molecule has 0 saturated carbocycles. The summed E-state index contributed by atoms with van der Waals surface area (Å²) in [6.45, 7) is 1.35. The average Bonchev–Trinajstić information content (AvgIpc) is 2.28. The predicted octanol–water partition coefficient (Wildman–Crippen LogP) is 0.841. The summed E-state index contributed by atoms with van der Waals surface area (Å²) in [5.41, 5.74) is 6.06. The number of hydrogen-bond acceptors (Lipinski definition) is 4. The summed E-state index contributed by atoms with van der Waals surface area (Å²) < 4.78 is 25.8. The Labute approximate surface area is 109 Å². The first-order valence-electron chi connectivity index (χ1n) is 5.80.